The lowest BCUT2D eigenvalue weighted by Gasteiger charge is -2.17. The summed E-state index contributed by atoms with van der Waals surface area (Å²) < 4.78 is 0. The van der Waals surface area contributed by atoms with Crippen LogP contribution in [-0.4, -0.2) is 18.6 Å². The van der Waals surface area contributed by atoms with Crippen molar-refractivity contribution in [3.8, 4) is 0 Å². The molecule has 0 aromatic carbocycles. The van der Waals surface area contributed by atoms with E-state index in [-0.39, 0.29) is 0 Å². The Kier molecular flexibility index (Phi) is 5.64. The van der Waals surface area contributed by atoms with Crippen LogP contribution in [0.5, 0.6) is 0 Å². The zero-order chi connectivity index (χ0) is 7.98. The van der Waals surface area contributed by atoms with E-state index in [1.807, 2.05) is 0 Å². The van der Waals surface area contributed by atoms with Gasteiger partial charge in [-0.15, -0.1) is 0 Å². The van der Waals surface area contributed by atoms with Crippen LogP contribution >= 0.6 is 0 Å². The van der Waals surface area contributed by atoms with Crippen molar-refractivity contribution >= 4 is 0 Å². The minimum Gasteiger partial charge on any atom is -0.329 e. The van der Waals surface area contributed by atoms with E-state index in [9.17, 15) is 0 Å². The summed E-state index contributed by atoms with van der Waals surface area (Å²) in [6.07, 6.45) is 2.48. The molecule has 2 heteroatoms. The largest absolute Gasteiger partial charge is 0.329 e. The Morgan fingerprint density at radius 1 is 1.30 bits per heavy atom. The van der Waals surface area contributed by atoms with Crippen molar-refractivity contribution in [1.82, 2.24) is 5.32 Å². The van der Waals surface area contributed by atoms with Crippen molar-refractivity contribution in [2.24, 2.45) is 5.73 Å². The second kappa shape index (κ2) is 5.69. The molecule has 0 saturated carbocycles. The highest BCUT2D eigenvalue weighted by atomic mass is 14.9. The molecule has 0 fully saturated rings. The monoisotopic (exact) mass is 144 g/mol. The third-order valence-corrected chi connectivity index (χ3v) is 1.64. The summed E-state index contributed by atoms with van der Waals surface area (Å²) in [4.78, 5) is 0. The fourth-order valence-electron chi connectivity index (χ4n) is 1.07. The number of nitrogens with two attached hydrogens (primary N) is 1. The van der Waals surface area contributed by atoms with Crippen LogP contribution < -0.4 is 11.1 Å². The van der Waals surface area contributed by atoms with Gasteiger partial charge in [-0.2, -0.15) is 0 Å². The van der Waals surface area contributed by atoms with Crippen LogP contribution in [0.4, 0.5) is 0 Å². The second-order valence-corrected chi connectivity index (χ2v) is 2.99. The van der Waals surface area contributed by atoms with E-state index in [1.165, 1.54) is 12.8 Å². The van der Waals surface area contributed by atoms with Crippen molar-refractivity contribution in [3.63, 3.8) is 0 Å². The average Bonchev–Trinajstić information content (AvgIpc) is 1.88. The fraction of sp³-hybridized carbons (Fsp3) is 1.00. The maximum absolute atomic E-state index is 5.45. The van der Waals surface area contributed by atoms with Gasteiger partial charge in [0.25, 0.3) is 0 Å². The van der Waals surface area contributed by atoms with E-state index < -0.39 is 0 Å². The van der Waals surface area contributed by atoms with Gasteiger partial charge in [-0.3, -0.25) is 0 Å². The molecular weight excluding hydrogens is 124 g/mol. The maximum atomic E-state index is 5.45. The van der Waals surface area contributed by atoms with Gasteiger partial charge in [0, 0.05) is 18.6 Å². The third-order valence-electron chi connectivity index (χ3n) is 1.64. The molecule has 0 saturated heterocycles. The molecule has 0 aromatic heterocycles. The molecule has 0 spiro atoms. The molecule has 10 heavy (non-hydrogen) atoms. The van der Waals surface area contributed by atoms with Gasteiger partial charge in [-0.25, -0.2) is 0 Å². The zero-order valence-electron chi connectivity index (χ0n) is 7.35. The normalized spacial score (nSPS) is 16.8. The van der Waals surface area contributed by atoms with Crippen molar-refractivity contribution in [2.75, 3.05) is 6.54 Å². The fourth-order valence-corrected chi connectivity index (χ4v) is 1.07. The predicted molar refractivity (Wildman–Crippen MR) is 46.0 cm³/mol. The number of hydrogen-bond donors (Lipinski definition) is 2. The first-order valence-corrected chi connectivity index (χ1v) is 4.16. The predicted octanol–water partition coefficient (Wildman–Crippen LogP) is 1.11. The third kappa shape index (κ3) is 4.77. The van der Waals surface area contributed by atoms with Crippen LogP contribution in [0.25, 0.3) is 0 Å². The van der Waals surface area contributed by atoms with E-state index in [2.05, 4.69) is 26.1 Å². The van der Waals surface area contributed by atoms with Gasteiger partial charge in [-0.05, 0) is 20.3 Å². The van der Waals surface area contributed by atoms with Gasteiger partial charge in [0.15, 0.2) is 0 Å². The van der Waals surface area contributed by atoms with Gasteiger partial charge in [0.05, 0.1) is 0 Å². The molecule has 0 amide bonds. The highest BCUT2D eigenvalue weighted by Gasteiger charge is 2.02. The molecule has 2 atom stereocenters. The van der Waals surface area contributed by atoms with Crippen LogP contribution in [0.1, 0.15) is 33.6 Å². The Labute approximate surface area is 64.2 Å². The molecule has 0 bridgehead atoms. The lowest BCUT2D eigenvalue weighted by molar-refractivity contribution is 0.447. The van der Waals surface area contributed by atoms with E-state index in [4.69, 9.17) is 5.73 Å². The van der Waals surface area contributed by atoms with E-state index >= 15 is 0 Å². The summed E-state index contributed by atoms with van der Waals surface area (Å²) in [5.41, 5.74) is 5.45. The summed E-state index contributed by atoms with van der Waals surface area (Å²) in [7, 11) is 0. The highest BCUT2D eigenvalue weighted by molar-refractivity contribution is 4.66. The summed E-state index contributed by atoms with van der Waals surface area (Å²) in [5, 5.41) is 3.41. The minimum atomic E-state index is 0.460. The van der Waals surface area contributed by atoms with Crippen molar-refractivity contribution < 1.29 is 0 Å². The van der Waals surface area contributed by atoms with Gasteiger partial charge < -0.3 is 11.1 Å². The van der Waals surface area contributed by atoms with Crippen LogP contribution in [-0.2, 0) is 0 Å². The Bertz CT molecular complexity index is 73.7. The highest BCUT2D eigenvalue weighted by Crippen LogP contribution is 1.95. The average molecular weight is 144 g/mol. The molecule has 62 valence electrons. The van der Waals surface area contributed by atoms with Crippen molar-refractivity contribution in [1.29, 1.82) is 0 Å². The Morgan fingerprint density at radius 2 is 1.90 bits per heavy atom. The van der Waals surface area contributed by atoms with E-state index in [0.717, 1.165) is 6.54 Å². The number of hydrogen-bond acceptors (Lipinski definition) is 2. The maximum Gasteiger partial charge on any atom is 0.0164 e. The van der Waals surface area contributed by atoms with Gasteiger partial charge >= 0.3 is 0 Å². The summed E-state index contributed by atoms with van der Waals surface area (Å²) >= 11 is 0. The van der Waals surface area contributed by atoms with Gasteiger partial charge in [0.1, 0.15) is 0 Å². The number of rotatable bonds is 5. The van der Waals surface area contributed by atoms with Crippen molar-refractivity contribution in [2.45, 2.75) is 45.7 Å². The standard InChI is InChI=1S/C8H20N2/c1-4-5-7(2)10-8(3)6-9/h7-8,10H,4-6,9H2,1-3H3. The Morgan fingerprint density at radius 3 is 2.30 bits per heavy atom. The lowest BCUT2D eigenvalue weighted by Crippen LogP contribution is -2.39. The molecule has 2 nitrogen and oxygen atoms in total. The topological polar surface area (TPSA) is 38.0 Å². The van der Waals surface area contributed by atoms with Crippen LogP contribution in [0.15, 0.2) is 0 Å². The quantitative estimate of drug-likeness (QED) is 0.606. The zero-order valence-corrected chi connectivity index (χ0v) is 7.35. The van der Waals surface area contributed by atoms with Crippen LogP contribution in [0, 0.1) is 0 Å². The number of nitrogens with one attached hydrogen (secondary N) is 1. The summed E-state index contributed by atoms with van der Waals surface area (Å²) in [6.45, 7) is 7.25. The molecular formula is C8H20N2. The minimum absolute atomic E-state index is 0.460. The molecule has 2 unspecified atom stereocenters. The first-order chi connectivity index (χ1) is 4.70. The van der Waals surface area contributed by atoms with Crippen molar-refractivity contribution in [3.05, 3.63) is 0 Å². The summed E-state index contributed by atoms with van der Waals surface area (Å²) in [6, 6.07) is 1.07. The molecule has 0 radical (unpaired) electrons. The Balaban J connectivity index is 3.27. The molecule has 3 N–H and O–H groups in total. The van der Waals surface area contributed by atoms with Gasteiger partial charge in [0.2, 0.25) is 0 Å². The lowest BCUT2D eigenvalue weighted by atomic mass is 10.2. The molecule has 0 aliphatic heterocycles. The van der Waals surface area contributed by atoms with Crippen LogP contribution in [0.2, 0.25) is 0 Å². The molecule has 0 aliphatic rings. The smallest absolute Gasteiger partial charge is 0.0164 e. The first-order valence-electron chi connectivity index (χ1n) is 4.16. The van der Waals surface area contributed by atoms with E-state index in [1.54, 1.807) is 0 Å². The molecule has 0 aromatic rings. The second-order valence-electron chi connectivity index (χ2n) is 2.99. The van der Waals surface area contributed by atoms with E-state index in [0.29, 0.717) is 12.1 Å². The first kappa shape index (κ1) is 9.92. The van der Waals surface area contributed by atoms with Crippen LogP contribution in [0.3, 0.4) is 0 Å². The molecule has 0 aliphatic carbocycles. The molecule has 0 heterocycles. The SMILES string of the molecule is CCCC(C)NC(C)CN. The molecule has 0 rings (SSSR count). The van der Waals surface area contributed by atoms with Gasteiger partial charge in [-0.1, -0.05) is 13.3 Å². The summed E-state index contributed by atoms with van der Waals surface area (Å²) in [5.74, 6) is 0. The Hall–Kier alpha value is -0.0800.